The third-order valence-electron chi connectivity index (χ3n) is 9.95. The maximum absolute atomic E-state index is 14.5. The van der Waals surface area contributed by atoms with Crippen LogP contribution in [0.5, 0.6) is 40.2 Å². The van der Waals surface area contributed by atoms with Gasteiger partial charge in [-0.3, -0.25) is 14.9 Å². The Hall–Kier alpha value is -5.57. The molecule has 3 heterocycles. The minimum Gasteiger partial charge on any atom is -0.497 e. The van der Waals surface area contributed by atoms with Crippen LogP contribution in [-0.2, 0) is 23.1 Å². The average molecular weight is 785 g/mol. The predicted molar refractivity (Wildman–Crippen MR) is 213 cm³/mol. The number of hydrogen-bond donors (Lipinski definition) is 0. The molecule has 0 N–H and O–H groups in total. The molecular weight excluding hydrogens is 737 g/mol. The summed E-state index contributed by atoms with van der Waals surface area (Å²) in [5.41, 5.74) is 5.00. The third kappa shape index (κ3) is 8.62. The Kier molecular flexibility index (Phi) is 12.8. The maximum atomic E-state index is 14.5. The lowest BCUT2D eigenvalue weighted by Gasteiger charge is -2.38. The fraction of sp³-hybridized carbons (Fsp3) is 0.333. The van der Waals surface area contributed by atoms with Crippen molar-refractivity contribution >= 4 is 10.0 Å². The molecule has 2 aromatic heterocycles. The van der Waals surface area contributed by atoms with Gasteiger partial charge in [0.1, 0.15) is 5.75 Å². The normalized spacial score (nSPS) is 13.6. The lowest BCUT2D eigenvalue weighted by Crippen LogP contribution is -2.46. The summed E-state index contributed by atoms with van der Waals surface area (Å²) in [5, 5.41) is 0. The molecule has 0 saturated carbocycles. The number of rotatable bonds is 16. The smallest absolute Gasteiger partial charge is 0.243 e. The van der Waals surface area contributed by atoms with Crippen LogP contribution in [0, 0.1) is 0 Å². The second kappa shape index (κ2) is 17.9. The molecule has 5 aromatic rings. The minimum absolute atomic E-state index is 0.132. The van der Waals surface area contributed by atoms with Crippen molar-refractivity contribution in [2.24, 2.45) is 0 Å². The van der Waals surface area contributed by atoms with E-state index in [1.807, 2.05) is 36.4 Å². The van der Waals surface area contributed by atoms with E-state index in [2.05, 4.69) is 20.9 Å². The van der Waals surface area contributed by atoms with Crippen LogP contribution in [0.2, 0.25) is 0 Å². The Labute approximate surface area is 328 Å². The van der Waals surface area contributed by atoms with Crippen LogP contribution in [0.4, 0.5) is 0 Å². The molecule has 0 amide bonds. The van der Waals surface area contributed by atoms with E-state index in [1.54, 1.807) is 96.9 Å². The van der Waals surface area contributed by atoms with Crippen molar-refractivity contribution < 1.29 is 41.6 Å². The number of piperidine rings is 1. The first-order chi connectivity index (χ1) is 27.1. The summed E-state index contributed by atoms with van der Waals surface area (Å²) in [5.74, 6) is 3.69. The van der Waals surface area contributed by atoms with E-state index in [0.29, 0.717) is 72.7 Å². The molecule has 13 nitrogen and oxygen atoms in total. The molecule has 1 saturated heterocycles. The number of pyridine rings is 2. The zero-order valence-electron chi connectivity index (χ0n) is 32.8. The highest BCUT2D eigenvalue weighted by Gasteiger charge is 2.34. The molecule has 0 radical (unpaired) electrons. The fourth-order valence-corrected chi connectivity index (χ4v) is 8.71. The topological polar surface area (TPSA) is 131 Å². The van der Waals surface area contributed by atoms with Crippen LogP contribution in [0.15, 0.2) is 90.2 Å². The first kappa shape index (κ1) is 40.1. The van der Waals surface area contributed by atoms with Gasteiger partial charge < -0.3 is 33.2 Å². The summed E-state index contributed by atoms with van der Waals surface area (Å²) in [6.07, 6.45) is 6.52. The Morgan fingerprint density at radius 1 is 0.643 bits per heavy atom. The highest BCUT2D eigenvalue weighted by molar-refractivity contribution is 7.89. The van der Waals surface area contributed by atoms with Gasteiger partial charge in [0.2, 0.25) is 21.5 Å². The van der Waals surface area contributed by atoms with Gasteiger partial charge in [0, 0.05) is 61.9 Å². The van der Waals surface area contributed by atoms with Crippen molar-refractivity contribution in [3.05, 3.63) is 96.4 Å². The van der Waals surface area contributed by atoms with Gasteiger partial charge in [0.15, 0.2) is 23.0 Å². The first-order valence-electron chi connectivity index (χ1n) is 18.0. The lowest BCUT2D eigenvalue weighted by atomic mass is 10.0. The summed E-state index contributed by atoms with van der Waals surface area (Å²) < 4.78 is 69.2. The van der Waals surface area contributed by atoms with Crippen LogP contribution in [0.1, 0.15) is 24.0 Å². The molecule has 6 rings (SSSR count). The summed E-state index contributed by atoms with van der Waals surface area (Å²) in [4.78, 5) is 11.7. The van der Waals surface area contributed by atoms with Crippen LogP contribution >= 0.6 is 0 Å². The van der Waals surface area contributed by atoms with E-state index in [-0.39, 0.29) is 17.5 Å². The van der Waals surface area contributed by atoms with E-state index < -0.39 is 10.0 Å². The SMILES string of the molecule is COc1ccc(S(=O)(=O)N(Cc2cncc(-c3cc(OC)c(OC)c(OC)c3)c2)C2CCN(Cc3ccnc(-c4cc(OC)c(OC)c(OC)c4)c3)CC2)cc1. The monoisotopic (exact) mass is 784 g/mol. The summed E-state index contributed by atoms with van der Waals surface area (Å²) in [6, 6.07) is 19.7. The number of aromatic nitrogens is 2. The molecule has 14 heteroatoms. The van der Waals surface area contributed by atoms with Gasteiger partial charge in [0.25, 0.3) is 0 Å². The molecule has 0 aliphatic carbocycles. The van der Waals surface area contributed by atoms with Gasteiger partial charge in [-0.05, 0) is 96.3 Å². The van der Waals surface area contributed by atoms with Crippen LogP contribution in [-0.4, -0.2) is 96.5 Å². The van der Waals surface area contributed by atoms with E-state index in [4.69, 9.17) is 33.2 Å². The first-order valence-corrected chi connectivity index (χ1v) is 19.5. The number of methoxy groups -OCH3 is 7. The van der Waals surface area contributed by atoms with Crippen LogP contribution in [0.3, 0.4) is 0 Å². The number of hydrogen-bond acceptors (Lipinski definition) is 12. The number of benzene rings is 3. The van der Waals surface area contributed by atoms with Crippen molar-refractivity contribution in [3.63, 3.8) is 0 Å². The second-order valence-electron chi connectivity index (χ2n) is 13.2. The molecule has 0 spiro atoms. The second-order valence-corrected chi connectivity index (χ2v) is 15.1. The van der Waals surface area contributed by atoms with Crippen LogP contribution in [0.25, 0.3) is 22.4 Å². The van der Waals surface area contributed by atoms with Crippen molar-refractivity contribution in [1.29, 1.82) is 0 Å². The number of sulfonamides is 1. The van der Waals surface area contributed by atoms with Crippen LogP contribution < -0.4 is 33.2 Å². The van der Waals surface area contributed by atoms with Crippen molar-refractivity contribution in [3.8, 4) is 62.6 Å². The number of ether oxygens (including phenoxy) is 7. The lowest BCUT2D eigenvalue weighted by molar-refractivity contribution is 0.150. The quantitative estimate of drug-likeness (QED) is 0.105. The predicted octanol–water partition coefficient (Wildman–Crippen LogP) is 6.73. The zero-order valence-corrected chi connectivity index (χ0v) is 33.6. The Bertz CT molecular complexity index is 2180. The van der Waals surface area contributed by atoms with E-state index in [1.165, 1.54) is 0 Å². The van der Waals surface area contributed by atoms with Crippen molar-refractivity contribution in [1.82, 2.24) is 19.2 Å². The maximum Gasteiger partial charge on any atom is 0.243 e. The van der Waals surface area contributed by atoms with E-state index in [9.17, 15) is 8.42 Å². The molecular formula is C42H48N4O9S. The number of likely N-dealkylation sites (tertiary alicyclic amines) is 1. The summed E-state index contributed by atoms with van der Waals surface area (Å²) in [7, 11) is 7.06. The van der Waals surface area contributed by atoms with E-state index >= 15 is 0 Å². The number of nitrogens with zero attached hydrogens (tertiary/aromatic N) is 4. The molecule has 1 aliphatic heterocycles. The van der Waals surface area contributed by atoms with Gasteiger partial charge in [-0.25, -0.2) is 8.42 Å². The van der Waals surface area contributed by atoms with Gasteiger partial charge in [0.05, 0.1) is 60.4 Å². The average Bonchev–Trinajstić information content (AvgIpc) is 3.24. The van der Waals surface area contributed by atoms with Gasteiger partial charge in [-0.15, -0.1) is 0 Å². The molecule has 296 valence electrons. The minimum atomic E-state index is -3.92. The third-order valence-corrected chi connectivity index (χ3v) is 11.9. The molecule has 0 unspecified atom stereocenters. The zero-order chi connectivity index (χ0) is 39.8. The molecule has 56 heavy (non-hydrogen) atoms. The summed E-state index contributed by atoms with van der Waals surface area (Å²) in [6.45, 7) is 2.21. The van der Waals surface area contributed by atoms with Gasteiger partial charge in [-0.2, -0.15) is 4.31 Å². The molecule has 0 atom stereocenters. The summed E-state index contributed by atoms with van der Waals surface area (Å²) >= 11 is 0. The Balaban J connectivity index is 1.24. The molecule has 1 fully saturated rings. The van der Waals surface area contributed by atoms with Crippen molar-refractivity contribution in [2.45, 2.75) is 36.9 Å². The van der Waals surface area contributed by atoms with E-state index in [0.717, 1.165) is 33.5 Å². The van der Waals surface area contributed by atoms with Gasteiger partial charge >= 0.3 is 0 Å². The Morgan fingerprint density at radius 3 is 1.75 bits per heavy atom. The van der Waals surface area contributed by atoms with Gasteiger partial charge in [-0.1, -0.05) is 0 Å². The Morgan fingerprint density at radius 2 is 1.21 bits per heavy atom. The highest BCUT2D eigenvalue weighted by atomic mass is 32.2. The molecule has 0 bridgehead atoms. The fourth-order valence-electron chi connectivity index (χ4n) is 7.04. The largest absolute Gasteiger partial charge is 0.497 e. The highest BCUT2D eigenvalue weighted by Crippen LogP contribution is 2.42. The standard InChI is InChI=1S/C42H48N4O9S/c1-49-34-8-10-35(11-9-34)56(47,48)46(27-29-18-32(25-43-24-29)30-20-37(50-2)41(54-6)38(21-30)51-3)33-13-16-45(17-14-33)26-28-12-15-44-36(19-28)31-22-39(52-4)42(55-7)40(23-31)53-5/h8-12,15,18-25,33H,13-14,16-17,26-27H2,1-7H3. The molecule has 1 aliphatic rings. The van der Waals surface area contributed by atoms with Crippen molar-refractivity contribution in [2.75, 3.05) is 62.9 Å². The molecule has 3 aromatic carbocycles.